The highest BCUT2D eigenvalue weighted by Gasteiger charge is 2.15. The fraction of sp³-hybridized carbons (Fsp3) is 0.143. The number of fused-ring (bicyclic) bond motifs is 1. The van der Waals surface area contributed by atoms with E-state index >= 15 is 0 Å². The SMILES string of the molecule is Cc1cccc(CNc2ccc(C(=O)Nc3ccc4c(c3)OCO4)nc2)c1. The van der Waals surface area contributed by atoms with Crippen LogP contribution in [0.1, 0.15) is 21.6 Å². The predicted octanol–water partition coefficient (Wildman–Crippen LogP) is 3.98. The summed E-state index contributed by atoms with van der Waals surface area (Å²) in [6, 6.07) is 17.1. The van der Waals surface area contributed by atoms with Gasteiger partial charge >= 0.3 is 0 Å². The number of pyridine rings is 1. The van der Waals surface area contributed by atoms with Crippen LogP contribution in [-0.4, -0.2) is 17.7 Å². The lowest BCUT2D eigenvalue weighted by Gasteiger charge is -2.08. The number of amides is 1. The smallest absolute Gasteiger partial charge is 0.274 e. The third kappa shape index (κ3) is 4.00. The maximum Gasteiger partial charge on any atom is 0.274 e. The molecule has 6 heteroatoms. The largest absolute Gasteiger partial charge is 0.454 e. The molecule has 0 saturated carbocycles. The van der Waals surface area contributed by atoms with Gasteiger partial charge in [0.25, 0.3) is 5.91 Å². The fourth-order valence-corrected chi connectivity index (χ4v) is 2.83. The van der Waals surface area contributed by atoms with Crippen LogP contribution in [0, 0.1) is 6.92 Å². The van der Waals surface area contributed by atoms with Crippen LogP contribution in [-0.2, 0) is 6.54 Å². The lowest BCUT2D eigenvalue weighted by Crippen LogP contribution is -2.13. The van der Waals surface area contributed by atoms with Gasteiger partial charge in [0, 0.05) is 18.3 Å². The minimum Gasteiger partial charge on any atom is -0.454 e. The summed E-state index contributed by atoms with van der Waals surface area (Å²) < 4.78 is 10.6. The maximum atomic E-state index is 12.4. The number of ether oxygens (including phenoxy) is 2. The highest BCUT2D eigenvalue weighted by Crippen LogP contribution is 2.34. The van der Waals surface area contributed by atoms with Gasteiger partial charge < -0.3 is 20.1 Å². The van der Waals surface area contributed by atoms with E-state index in [0.29, 0.717) is 29.4 Å². The van der Waals surface area contributed by atoms with Crippen molar-refractivity contribution in [3.63, 3.8) is 0 Å². The Kier molecular flexibility index (Phi) is 4.61. The molecule has 0 fully saturated rings. The van der Waals surface area contributed by atoms with Crippen molar-refractivity contribution in [2.45, 2.75) is 13.5 Å². The first kappa shape index (κ1) is 16.9. The van der Waals surface area contributed by atoms with E-state index in [4.69, 9.17) is 9.47 Å². The Morgan fingerprint density at radius 3 is 2.70 bits per heavy atom. The average molecular weight is 361 g/mol. The second-order valence-corrected chi connectivity index (χ2v) is 6.30. The molecule has 4 rings (SSSR count). The Bertz CT molecular complexity index is 971. The Balaban J connectivity index is 1.37. The third-order valence-corrected chi connectivity index (χ3v) is 4.21. The number of carbonyl (C=O) groups excluding carboxylic acids is 1. The molecule has 2 aromatic carbocycles. The monoisotopic (exact) mass is 361 g/mol. The minimum atomic E-state index is -0.279. The van der Waals surface area contributed by atoms with Crippen LogP contribution < -0.4 is 20.1 Å². The summed E-state index contributed by atoms with van der Waals surface area (Å²) in [6.45, 7) is 2.97. The summed E-state index contributed by atoms with van der Waals surface area (Å²) in [7, 11) is 0. The molecule has 0 radical (unpaired) electrons. The van der Waals surface area contributed by atoms with Crippen molar-refractivity contribution >= 4 is 17.3 Å². The van der Waals surface area contributed by atoms with Crippen molar-refractivity contribution in [2.75, 3.05) is 17.4 Å². The third-order valence-electron chi connectivity index (χ3n) is 4.21. The number of rotatable bonds is 5. The van der Waals surface area contributed by atoms with Gasteiger partial charge in [-0.05, 0) is 36.8 Å². The van der Waals surface area contributed by atoms with Crippen molar-refractivity contribution in [1.29, 1.82) is 0 Å². The van der Waals surface area contributed by atoms with Crippen LogP contribution in [0.5, 0.6) is 11.5 Å². The molecule has 136 valence electrons. The van der Waals surface area contributed by atoms with Crippen molar-refractivity contribution in [3.8, 4) is 11.5 Å². The Morgan fingerprint density at radius 1 is 1.04 bits per heavy atom. The zero-order valence-corrected chi connectivity index (χ0v) is 14.9. The van der Waals surface area contributed by atoms with E-state index < -0.39 is 0 Å². The molecule has 0 bridgehead atoms. The molecular weight excluding hydrogens is 342 g/mol. The molecule has 0 atom stereocenters. The van der Waals surface area contributed by atoms with Crippen LogP contribution in [0.25, 0.3) is 0 Å². The molecule has 0 aliphatic carbocycles. The number of nitrogens with zero attached hydrogens (tertiary/aromatic N) is 1. The van der Waals surface area contributed by atoms with Crippen molar-refractivity contribution in [3.05, 3.63) is 77.6 Å². The standard InChI is InChI=1S/C21H19N3O3/c1-14-3-2-4-15(9-14)11-22-17-5-7-18(23-12-17)21(25)24-16-6-8-19-20(10-16)27-13-26-19/h2-10,12,22H,11,13H2,1H3,(H,24,25). The highest BCUT2D eigenvalue weighted by molar-refractivity contribution is 6.03. The lowest BCUT2D eigenvalue weighted by atomic mass is 10.1. The van der Waals surface area contributed by atoms with Gasteiger partial charge in [0.15, 0.2) is 11.5 Å². The molecule has 2 N–H and O–H groups in total. The molecule has 0 unspecified atom stereocenters. The van der Waals surface area contributed by atoms with Gasteiger partial charge in [-0.15, -0.1) is 0 Å². The van der Waals surface area contributed by atoms with Crippen LogP contribution >= 0.6 is 0 Å². The molecule has 2 heterocycles. The summed E-state index contributed by atoms with van der Waals surface area (Å²) in [4.78, 5) is 16.6. The fourth-order valence-electron chi connectivity index (χ4n) is 2.83. The Labute approximate surface area is 157 Å². The molecule has 6 nitrogen and oxygen atoms in total. The van der Waals surface area contributed by atoms with E-state index in [1.54, 1.807) is 30.5 Å². The number of hydrogen-bond donors (Lipinski definition) is 2. The molecule has 1 aromatic heterocycles. The average Bonchev–Trinajstić information content (AvgIpc) is 3.15. The first-order valence-electron chi connectivity index (χ1n) is 8.64. The molecule has 0 saturated heterocycles. The Hall–Kier alpha value is -3.54. The van der Waals surface area contributed by atoms with Crippen molar-refractivity contribution in [1.82, 2.24) is 4.98 Å². The number of aromatic nitrogens is 1. The maximum absolute atomic E-state index is 12.4. The van der Waals surface area contributed by atoms with Gasteiger partial charge in [-0.3, -0.25) is 4.79 Å². The summed E-state index contributed by atoms with van der Waals surface area (Å²) in [5.41, 5.74) is 4.25. The van der Waals surface area contributed by atoms with Crippen molar-refractivity contribution in [2.24, 2.45) is 0 Å². The summed E-state index contributed by atoms with van der Waals surface area (Å²) in [5.74, 6) is 1.02. The van der Waals surface area contributed by atoms with Crippen LogP contribution in [0.4, 0.5) is 11.4 Å². The second-order valence-electron chi connectivity index (χ2n) is 6.30. The van der Waals surface area contributed by atoms with Crippen molar-refractivity contribution < 1.29 is 14.3 Å². The van der Waals surface area contributed by atoms with Crippen LogP contribution in [0.2, 0.25) is 0 Å². The topological polar surface area (TPSA) is 72.5 Å². The molecule has 1 aliphatic heterocycles. The normalized spacial score (nSPS) is 11.9. The summed E-state index contributed by atoms with van der Waals surface area (Å²) in [5, 5.41) is 6.12. The van der Waals surface area contributed by atoms with E-state index in [1.165, 1.54) is 11.1 Å². The second kappa shape index (κ2) is 7.37. The molecule has 27 heavy (non-hydrogen) atoms. The van der Waals surface area contributed by atoms with Gasteiger partial charge in [0.2, 0.25) is 6.79 Å². The number of carbonyl (C=O) groups is 1. The van der Waals surface area contributed by atoms with Crippen LogP contribution in [0.3, 0.4) is 0 Å². The Morgan fingerprint density at radius 2 is 1.89 bits per heavy atom. The number of hydrogen-bond acceptors (Lipinski definition) is 5. The molecule has 1 amide bonds. The summed E-state index contributed by atoms with van der Waals surface area (Å²) in [6.07, 6.45) is 1.66. The zero-order valence-electron chi connectivity index (χ0n) is 14.9. The first-order chi connectivity index (χ1) is 13.2. The summed E-state index contributed by atoms with van der Waals surface area (Å²) >= 11 is 0. The van der Waals surface area contributed by atoms with Gasteiger partial charge in [-0.2, -0.15) is 0 Å². The zero-order chi connectivity index (χ0) is 18.6. The highest BCUT2D eigenvalue weighted by atomic mass is 16.7. The predicted molar refractivity (Wildman–Crippen MR) is 103 cm³/mol. The molecule has 0 spiro atoms. The number of benzene rings is 2. The van der Waals surface area contributed by atoms with E-state index in [9.17, 15) is 4.79 Å². The van der Waals surface area contributed by atoms with E-state index in [1.807, 2.05) is 12.1 Å². The van der Waals surface area contributed by atoms with Crippen LogP contribution in [0.15, 0.2) is 60.8 Å². The number of aryl methyl sites for hydroxylation is 1. The van der Waals surface area contributed by atoms with Gasteiger partial charge in [-0.25, -0.2) is 4.98 Å². The van der Waals surface area contributed by atoms with E-state index in [-0.39, 0.29) is 12.7 Å². The van der Waals surface area contributed by atoms with Gasteiger partial charge in [-0.1, -0.05) is 29.8 Å². The molecule has 3 aromatic rings. The van der Waals surface area contributed by atoms with Gasteiger partial charge in [0.05, 0.1) is 11.9 Å². The molecule has 1 aliphatic rings. The minimum absolute atomic E-state index is 0.200. The quantitative estimate of drug-likeness (QED) is 0.719. The molecular formula is C21H19N3O3. The van der Waals surface area contributed by atoms with Gasteiger partial charge in [0.1, 0.15) is 5.69 Å². The first-order valence-corrected chi connectivity index (χ1v) is 8.64. The number of anilines is 2. The van der Waals surface area contributed by atoms with E-state index in [2.05, 4.69) is 40.7 Å². The van der Waals surface area contributed by atoms with E-state index in [0.717, 1.165) is 5.69 Å². The lowest BCUT2D eigenvalue weighted by molar-refractivity contribution is 0.102. The number of nitrogens with one attached hydrogen (secondary N) is 2.